The maximum Gasteiger partial charge on any atom is 0.128 e. The first-order chi connectivity index (χ1) is 11.8. The molecule has 0 saturated carbocycles. The number of pyridine rings is 1. The van der Waals surface area contributed by atoms with E-state index in [0.29, 0.717) is 17.2 Å². The van der Waals surface area contributed by atoms with Gasteiger partial charge in [-0.3, -0.25) is 4.90 Å². The molecule has 0 bridgehead atoms. The van der Waals surface area contributed by atoms with E-state index in [-0.39, 0.29) is 0 Å². The second-order valence-corrected chi connectivity index (χ2v) is 6.20. The standard InChI is InChI=1S/C18H21ClN4O/c19-16-6-2-1-5-15(16)17(21-24)8-10-22-11-13-23(14-12-22)18-7-3-4-9-20-18/h1-7,9,24H,8,10-14H2/b21-17-. The Morgan fingerprint density at radius 2 is 1.83 bits per heavy atom. The van der Waals surface area contributed by atoms with Gasteiger partial charge in [0, 0.05) is 55.9 Å². The summed E-state index contributed by atoms with van der Waals surface area (Å²) in [5.74, 6) is 1.03. The van der Waals surface area contributed by atoms with Gasteiger partial charge in [-0.2, -0.15) is 0 Å². The third-order valence-corrected chi connectivity index (χ3v) is 4.65. The molecule has 1 aliphatic rings. The minimum absolute atomic E-state index is 0.616. The molecule has 126 valence electrons. The normalized spacial score (nSPS) is 16.4. The smallest absolute Gasteiger partial charge is 0.128 e. The van der Waals surface area contributed by atoms with Gasteiger partial charge in [0.05, 0.1) is 5.71 Å². The van der Waals surface area contributed by atoms with Gasteiger partial charge in [0.2, 0.25) is 0 Å². The number of benzene rings is 1. The fraction of sp³-hybridized carbons (Fsp3) is 0.333. The Labute approximate surface area is 147 Å². The van der Waals surface area contributed by atoms with Crippen LogP contribution in [-0.4, -0.2) is 53.5 Å². The highest BCUT2D eigenvalue weighted by atomic mass is 35.5. The molecule has 1 fully saturated rings. The zero-order valence-electron chi connectivity index (χ0n) is 13.5. The summed E-state index contributed by atoms with van der Waals surface area (Å²) < 4.78 is 0. The number of piperazine rings is 1. The summed E-state index contributed by atoms with van der Waals surface area (Å²) in [5.41, 5.74) is 1.43. The summed E-state index contributed by atoms with van der Waals surface area (Å²) in [6.45, 7) is 4.69. The zero-order chi connectivity index (χ0) is 16.8. The third kappa shape index (κ3) is 4.04. The highest BCUT2D eigenvalue weighted by Crippen LogP contribution is 2.18. The number of aromatic nitrogens is 1. The second-order valence-electron chi connectivity index (χ2n) is 5.79. The number of anilines is 1. The molecule has 0 aliphatic carbocycles. The first-order valence-corrected chi connectivity index (χ1v) is 8.50. The van der Waals surface area contributed by atoms with Crippen molar-refractivity contribution in [3.63, 3.8) is 0 Å². The maximum absolute atomic E-state index is 9.32. The molecule has 0 atom stereocenters. The molecule has 5 nitrogen and oxygen atoms in total. The number of rotatable bonds is 5. The summed E-state index contributed by atoms with van der Waals surface area (Å²) in [4.78, 5) is 9.08. The molecule has 3 rings (SSSR count). The predicted octanol–water partition coefficient (Wildman–Crippen LogP) is 3.13. The average molecular weight is 345 g/mol. The predicted molar refractivity (Wildman–Crippen MR) is 97.3 cm³/mol. The van der Waals surface area contributed by atoms with E-state index in [9.17, 15) is 5.21 Å². The van der Waals surface area contributed by atoms with Gasteiger partial charge in [-0.05, 0) is 18.2 Å². The first-order valence-electron chi connectivity index (χ1n) is 8.12. The molecule has 1 aliphatic heterocycles. The van der Waals surface area contributed by atoms with Gasteiger partial charge < -0.3 is 10.1 Å². The van der Waals surface area contributed by atoms with Crippen LogP contribution in [0.3, 0.4) is 0 Å². The van der Waals surface area contributed by atoms with Crippen molar-refractivity contribution in [1.29, 1.82) is 0 Å². The Hall–Kier alpha value is -2.11. The van der Waals surface area contributed by atoms with E-state index in [4.69, 9.17) is 11.6 Å². The molecule has 2 aromatic rings. The van der Waals surface area contributed by atoms with Crippen molar-refractivity contribution in [1.82, 2.24) is 9.88 Å². The lowest BCUT2D eigenvalue weighted by molar-refractivity contribution is 0.262. The van der Waals surface area contributed by atoms with Gasteiger partial charge in [0.1, 0.15) is 5.82 Å². The van der Waals surface area contributed by atoms with Crippen molar-refractivity contribution >= 4 is 23.1 Å². The molecule has 2 heterocycles. The van der Waals surface area contributed by atoms with Gasteiger partial charge in [-0.1, -0.05) is 41.0 Å². The Morgan fingerprint density at radius 3 is 2.50 bits per heavy atom. The number of halogens is 1. The minimum atomic E-state index is 0.616. The molecule has 1 aromatic heterocycles. The Bertz CT molecular complexity index is 684. The number of nitrogens with zero attached hydrogens (tertiary/aromatic N) is 4. The van der Waals surface area contributed by atoms with E-state index in [0.717, 1.165) is 44.1 Å². The van der Waals surface area contributed by atoms with Crippen LogP contribution in [0, 0.1) is 0 Å². The van der Waals surface area contributed by atoms with Crippen LogP contribution in [0.1, 0.15) is 12.0 Å². The molecular weight excluding hydrogens is 324 g/mol. The SMILES string of the molecule is O/N=C(/CCN1CCN(c2ccccn2)CC1)c1ccccc1Cl. The van der Waals surface area contributed by atoms with Crippen LogP contribution < -0.4 is 4.90 Å². The highest BCUT2D eigenvalue weighted by molar-refractivity contribution is 6.34. The molecule has 1 N–H and O–H groups in total. The molecule has 0 spiro atoms. The van der Waals surface area contributed by atoms with Gasteiger partial charge in [-0.15, -0.1) is 0 Å². The first kappa shape index (κ1) is 16.7. The molecular formula is C18H21ClN4O. The van der Waals surface area contributed by atoms with Crippen molar-refractivity contribution < 1.29 is 5.21 Å². The molecule has 1 saturated heterocycles. The fourth-order valence-electron chi connectivity index (χ4n) is 2.94. The van der Waals surface area contributed by atoms with E-state index in [1.54, 1.807) is 0 Å². The number of oxime groups is 1. The van der Waals surface area contributed by atoms with Crippen LogP contribution >= 0.6 is 11.6 Å². The summed E-state index contributed by atoms with van der Waals surface area (Å²) in [7, 11) is 0. The zero-order valence-corrected chi connectivity index (χ0v) is 14.2. The fourth-order valence-corrected chi connectivity index (χ4v) is 3.18. The topological polar surface area (TPSA) is 52.0 Å². The summed E-state index contributed by atoms with van der Waals surface area (Å²) >= 11 is 6.19. The maximum atomic E-state index is 9.32. The summed E-state index contributed by atoms with van der Waals surface area (Å²) in [6.07, 6.45) is 2.50. The Morgan fingerprint density at radius 1 is 1.08 bits per heavy atom. The summed E-state index contributed by atoms with van der Waals surface area (Å²) in [5, 5.41) is 13.4. The largest absolute Gasteiger partial charge is 0.411 e. The van der Waals surface area contributed by atoms with Gasteiger partial charge in [0.25, 0.3) is 0 Å². The number of hydrogen-bond acceptors (Lipinski definition) is 5. The Balaban J connectivity index is 1.52. The monoisotopic (exact) mass is 344 g/mol. The lowest BCUT2D eigenvalue weighted by atomic mass is 10.1. The van der Waals surface area contributed by atoms with Gasteiger partial charge >= 0.3 is 0 Å². The van der Waals surface area contributed by atoms with E-state index in [1.807, 2.05) is 48.7 Å². The molecule has 6 heteroatoms. The lowest BCUT2D eigenvalue weighted by Gasteiger charge is -2.35. The van der Waals surface area contributed by atoms with Crippen molar-refractivity contribution in [3.05, 3.63) is 59.2 Å². The van der Waals surface area contributed by atoms with Crippen molar-refractivity contribution in [2.45, 2.75) is 6.42 Å². The van der Waals surface area contributed by atoms with Crippen LogP contribution in [-0.2, 0) is 0 Å². The minimum Gasteiger partial charge on any atom is -0.411 e. The van der Waals surface area contributed by atoms with Crippen LogP contribution in [0.2, 0.25) is 5.02 Å². The van der Waals surface area contributed by atoms with Crippen molar-refractivity contribution in [2.24, 2.45) is 5.16 Å². The van der Waals surface area contributed by atoms with Crippen molar-refractivity contribution in [2.75, 3.05) is 37.6 Å². The highest BCUT2D eigenvalue weighted by Gasteiger charge is 2.18. The second kappa shape index (κ2) is 8.13. The number of hydrogen-bond donors (Lipinski definition) is 1. The van der Waals surface area contributed by atoms with Gasteiger partial charge in [0.15, 0.2) is 0 Å². The van der Waals surface area contributed by atoms with Gasteiger partial charge in [-0.25, -0.2) is 4.98 Å². The van der Waals surface area contributed by atoms with E-state index in [1.165, 1.54) is 0 Å². The molecule has 0 amide bonds. The van der Waals surface area contributed by atoms with Crippen LogP contribution in [0.15, 0.2) is 53.8 Å². The Kier molecular flexibility index (Phi) is 5.67. The van der Waals surface area contributed by atoms with Crippen LogP contribution in [0.25, 0.3) is 0 Å². The molecule has 1 aromatic carbocycles. The van der Waals surface area contributed by atoms with E-state index in [2.05, 4.69) is 19.9 Å². The van der Waals surface area contributed by atoms with Crippen LogP contribution in [0.5, 0.6) is 0 Å². The third-order valence-electron chi connectivity index (χ3n) is 4.32. The molecule has 24 heavy (non-hydrogen) atoms. The van der Waals surface area contributed by atoms with E-state index >= 15 is 0 Å². The van der Waals surface area contributed by atoms with Crippen LogP contribution in [0.4, 0.5) is 5.82 Å². The molecule has 0 radical (unpaired) electrons. The molecule has 0 unspecified atom stereocenters. The van der Waals surface area contributed by atoms with Crippen molar-refractivity contribution in [3.8, 4) is 0 Å². The summed E-state index contributed by atoms with van der Waals surface area (Å²) in [6, 6.07) is 13.5. The quantitative estimate of drug-likeness (QED) is 0.514. The lowest BCUT2D eigenvalue weighted by Crippen LogP contribution is -2.47. The average Bonchev–Trinajstić information content (AvgIpc) is 2.65. The van der Waals surface area contributed by atoms with E-state index < -0.39 is 0 Å².